The first-order valence-electron chi connectivity index (χ1n) is 5.43. The molecule has 2 N–H and O–H groups in total. The van der Waals surface area contributed by atoms with Crippen LogP contribution in [-0.2, 0) is 0 Å². The minimum atomic E-state index is -0.666. The van der Waals surface area contributed by atoms with Gasteiger partial charge in [-0.15, -0.1) is 0 Å². The average molecular weight is 249 g/mol. The Balaban J connectivity index is 2.68. The Hall–Kier alpha value is -2.10. The van der Waals surface area contributed by atoms with Gasteiger partial charge in [-0.2, -0.15) is 0 Å². The molecule has 2 aromatic carbocycles. The molecule has 2 nitrogen and oxygen atoms in total. The van der Waals surface area contributed by atoms with E-state index in [4.69, 9.17) is 10.5 Å². The SMILES string of the molecule is COc1cc(F)c(-c2cccc(N)c2C)c(F)c1. The Bertz CT molecular complexity index is 573. The predicted octanol–water partition coefficient (Wildman–Crippen LogP) is 3.53. The third kappa shape index (κ3) is 2.01. The summed E-state index contributed by atoms with van der Waals surface area (Å²) in [6.45, 7) is 1.73. The minimum Gasteiger partial charge on any atom is -0.497 e. The first-order chi connectivity index (χ1) is 8.54. The number of benzene rings is 2. The van der Waals surface area contributed by atoms with Crippen molar-refractivity contribution in [3.8, 4) is 16.9 Å². The van der Waals surface area contributed by atoms with Crippen LogP contribution in [0.3, 0.4) is 0 Å². The molecule has 0 saturated carbocycles. The van der Waals surface area contributed by atoms with Gasteiger partial charge in [0.2, 0.25) is 0 Å². The van der Waals surface area contributed by atoms with Crippen LogP contribution in [0.5, 0.6) is 5.75 Å². The lowest BCUT2D eigenvalue weighted by Gasteiger charge is -2.11. The molecule has 0 fully saturated rings. The summed E-state index contributed by atoms with van der Waals surface area (Å²) in [4.78, 5) is 0. The van der Waals surface area contributed by atoms with Crippen molar-refractivity contribution in [2.24, 2.45) is 0 Å². The van der Waals surface area contributed by atoms with Gasteiger partial charge in [0, 0.05) is 17.8 Å². The fourth-order valence-corrected chi connectivity index (χ4v) is 1.85. The molecule has 0 aliphatic rings. The molecule has 0 saturated heterocycles. The van der Waals surface area contributed by atoms with E-state index >= 15 is 0 Å². The van der Waals surface area contributed by atoms with Gasteiger partial charge in [0.05, 0.1) is 12.7 Å². The highest BCUT2D eigenvalue weighted by Crippen LogP contribution is 2.33. The number of hydrogen-bond donors (Lipinski definition) is 1. The molecule has 0 heterocycles. The molecule has 0 spiro atoms. The lowest BCUT2D eigenvalue weighted by Crippen LogP contribution is -1.97. The lowest BCUT2D eigenvalue weighted by molar-refractivity contribution is 0.407. The molecule has 0 amide bonds. The largest absolute Gasteiger partial charge is 0.497 e. The molecule has 0 atom stereocenters. The number of rotatable bonds is 2. The standard InChI is InChI=1S/C14H13F2NO/c1-8-10(4-3-5-13(8)17)14-11(15)6-9(18-2)7-12(14)16/h3-7H,17H2,1-2H3. The Kier molecular flexibility index (Phi) is 3.19. The zero-order valence-electron chi connectivity index (χ0n) is 10.1. The first kappa shape index (κ1) is 12.4. The monoisotopic (exact) mass is 249 g/mol. The van der Waals surface area contributed by atoms with Gasteiger partial charge in [0.15, 0.2) is 0 Å². The molecule has 0 radical (unpaired) electrons. The Morgan fingerprint density at radius 3 is 2.28 bits per heavy atom. The summed E-state index contributed by atoms with van der Waals surface area (Å²) in [6.07, 6.45) is 0. The van der Waals surface area contributed by atoms with E-state index in [9.17, 15) is 8.78 Å². The molecule has 94 valence electrons. The molecule has 0 aliphatic heterocycles. The van der Waals surface area contributed by atoms with E-state index in [1.165, 1.54) is 7.11 Å². The summed E-state index contributed by atoms with van der Waals surface area (Å²) in [5.41, 5.74) is 7.27. The fraction of sp³-hybridized carbons (Fsp3) is 0.143. The second-order valence-electron chi connectivity index (χ2n) is 3.99. The van der Waals surface area contributed by atoms with Crippen LogP contribution >= 0.6 is 0 Å². The molecule has 2 aromatic rings. The zero-order chi connectivity index (χ0) is 13.3. The molecule has 0 aromatic heterocycles. The van der Waals surface area contributed by atoms with Crippen molar-refractivity contribution < 1.29 is 13.5 Å². The van der Waals surface area contributed by atoms with Gasteiger partial charge >= 0.3 is 0 Å². The average Bonchev–Trinajstić information content (AvgIpc) is 2.33. The summed E-state index contributed by atoms with van der Waals surface area (Å²) in [7, 11) is 1.36. The summed E-state index contributed by atoms with van der Waals surface area (Å²) < 4.78 is 32.7. The van der Waals surface area contributed by atoms with Crippen molar-refractivity contribution in [3.05, 3.63) is 47.5 Å². The maximum atomic E-state index is 13.9. The molecule has 0 aliphatic carbocycles. The van der Waals surface area contributed by atoms with Crippen LogP contribution in [0.15, 0.2) is 30.3 Å². The predicted molar refractivity (Wildman–Crippen MR) is 67.5 cm³/mol. The van der Waals surface area contributed by atoms with Crippen molar-refractivity contribution in [2.45, 2.75) is 6.92 Å². The van der Waals surface area contributed by atoms with Crippen LogP contribution in [0, 0.1) is 18.6 Å². The molecule has 4 heteroatoms. The lowest BCUT2D eigenvalue weighted by atomic mass is 9.98. The number of anilines is 1. The van der Waals surface area contributed by atoms with E-state index in [0.717, 1.165) is 12.1 Å². The van der Waals surface area contributed by atoms with Gasteiger partial charge in [-0.3, -0.25) is 0 Å². The van der Waals surface area contributed by atoms with Gasteiger partial charge in [-0.05, 0) is 24.1 Å². The van der Waals surface area contributed by atoms with Crippen molar-refractivity contribution in [2.75, 3.05) is 12.8 Å². The third-order valence-electron chi connectivity index (χ3n) is 2.90. The Labute approximate surface area is 104 Å². The Morgan fingerprint density at radius 1 is 1.11 bits per heavy atom. The summed E-state index contributed by atoms with van der Waals surface area (Å²) >= 11 is 0. The summed E-state index contributed by atoms with van der Waals surface area (Å²) in [5, 5.41) is 0. The normalized spacial score (nSPS) is 10.4. The maximum Gasteiger partial charge on any atom is 0.137 e. The maximum absolute atomic E-state index is 13.9. The highest BCUT2D eigenvalue weighted by molar-refractivity contribution is 5.74. The van der Waals surface area contributed by atoms with Gasteiger partial charge < -0.3 is 10.5 Å². The van der Waals surface area contributed by atoms with E-state index in [2.05, 4.69) is 0 Å². The van der Waals surface area contributed by atoms with Crippen LogP contribution in [-0.4, -0.2) is 7.11 Å². The quantitative estimate of drug-likeness (QED) is 0.826. The molecule has 2 rings (SSSR count). The summed E-state index contributed by atoms with van der Waals surface area (Å²) in [5.74, 6) is -1.18. The van der Waals surface area contributed by atoms with Gasteiger partial charge in [-0.1, -0.05) is 12.1 Å². The smallest absolute Gasteiger partial charge is 0.137 e. The number of ether oxygens (including phenoxy) is 1. The number of hydrogen-bond acceptors (Lipinski definition) is 2. The highest BCUT2D eigenvalue weighted by Gasteiger charge is 2.16. The van der Waals surface area contributed by atoms with Crippen LogP contribution in [0.1, 0.15) is 5.56 Å². The van der Waals surface area contributed by atoms with Gasteiger partial charge in [0.1, 0.15) is 17.4 Å². The highest BCUT2D eigenvalue weighted by atomic mass is 19.1. The van der Waals surface area contributed by atoms with E-state index in [0.29, 0.717) is 16.8 Å². The van der Waals surface area contributed by atoms with Crippen LogP contribution in [0.25, 0.3) is 11.1 Å². The third-order valence-corrected chi connectivity index (χ3v) is 2.90. The van der Waals surface area contributed by atoms with E-state index in [-0.39, 0.29) is 11.3 Å². The number of halogens is 2. The number of methoxy groups -OCH3 is 1. The molecule has 0 bridgehead atoms. The minimum absolute atomic E-state index is 0.0828. The van der Waals surface area contributed by atoms with Crippen LogP contribution < -0.4 is 10.5 Å². The number of nitrogens with two attached hydrogens (primary N) is 1. The second-order valence-corrected chi connectivity index (χ2v) is 3.99. The second kappa shape index (κ2) is 4.64. The van der Waals surface area contributed by atoms with E-state index in [1.807, 2.05) is 0 Å². The topological polar surface area (TPSA) is 35.2 Å². The van der Waals surface area contributed by atoms with Gasteiger partial charge in [0.25, 0.3) is 0 Å². The zero-order valence-corrected chi connectivity index (χ0v) is 10.1. The fourth-order valence-electron chi connectivity index (χ4n) is 1.85. The number of nitrogen functional groups attached to an aromatic ring is 1. The van der Waals surface area contributed by atoms with Crippen molar-refractivity contribution in [1.29, 1.82) is 0 Å². The Morgan fingerprint density at radius 2 is 1.72 bits per heavy atom. The first-order valence-corrected chi connectivity index (χ1v) is 5.43. The van der Waals surface area contributed by atoms with E-state index in [1.54, 1.807) is 25.1 Å². The molecule has 0 unspecified atom stereocenters. The van der Waals surface area contributed by atoms with Crippen LogP contribution in [0.4, 0.5) is 14.5 Å². The molecule has 18 heavy (non-hydrogen) atoms. The molecular formula is C14H13F2NO. The van der Waals surface area contributed by atoms with Crippen molar-refractivity contribution in [1.82, 2.24) is 0 Å². The molecular weight excluding hydrogens is 236 g/mol. The summed E-state index contributed by atoms with van der Waals surface area (Å²) in [6, 6.07) is 7.31. The van der Waals surface area contributed by atoms with Gasteiger partial charge in [-0.25, -0.2) is 8.78 Å². The van der Waals surface area contributed by atoms with Crippen molar-refractivity contribution in [3.63, 3.8) is 0 Å². The van der Waals surface area contributed by atoms with Crippen molar-refractivity contribution >= 4 is 5.69 Å². The van der Waals surface area contributed by atoms with E-state index < -0.39 is 11.6 Å². The van der Waals surface area contributed by atoms with Crippen LogP contribution in [0.2, 0.25) is 0 Å².